The predicted molar refractivity (Wildman–Crippen MR) is 81.5 cm³/mol. The number of fused-ring (bicyclic) bond motifs is 1. The Morgan fingerprint density at radius 3 is 2.85 bits per heavy atom. The molecule has 1 aromatic carbocycles. The van der Waals surface area contributed by atoms with E-state index in [9.17, 15) is 0 Å². The first-order valence-corrected chi connectivity index (χ1v) is 7.37. The molecule has 0 saturated heterocycles. The summed E-state index contributed by atoms with van der Waals surface area (Å²) < 4.78 is 1.94. The summed E-state index contributed by atoms with van der Waals surface area (Å²) in [4.78, 5) is 0. The quantitative estimate of drug-likeness (QED) is 0.926. The molecular weight excluding hydrogens is 246 g/mol. The van der Waals surface area contributed by atoms with Crippen LogP contribution in [0.5, 0.6) is 0 Å². The smallest absolute Gasteiger partial charge is 0.0518 e. The SMILES string of the molecule is Cn1nccc1CNC1CCC(C)(C)c2ccccc21. The standard InChI is InChI=1S/C17H23N3/c1-17(2)10-8-16(14-6-4-5-7-15(14)17)18-12-13-9-11-19-20(13)3/h4-7,9,11,16,18H,8,10,12H2,1-3H3. The molecule has 0 bridgehead atoms. The van der Waals surface area contributed by atoms with Crippen LogP contribution in [0.1, 0.15) is 49.6 Å². The molecule has 0 aliphatic heterocycles. The molecule has 3 heteroatoms. The van der Waals surface area contributed by atoms with E-state index in [1.807, 2.05) is 17.9 Å². The molecule has 1 atom stereocenters. The van der Waals surface area contributed by atoms with Gasteiger partial charge in [-0.1, -0.05) is 38.1 Å². The molecule has 3 nitrogen and oxygen atoms in total. The number of aromatic nitrogens is 2. The Kier molecular flexibility index (Phi) is 3.38. The minimum atomic E-state index is 0.293. The molecule has 3 rings (SSSR count). The average molecular weight is 269 g/mol. The molecule has 0 amide bonds. The van der Waals surface area contributed by atoms with Crippen molar-refractivity contribution >= 4 is 0 Å². The van der Waals surface area contributed by atoms with Crippen molar-refractivity contribution in [1.82, 2.24) is 15.1 Å². The van der Waals surface area contributed by atoms with Crippen molar-refractivity contribution in [2.24, 2.45) is 7.05 Å². The first kappa shape index (κ1) is 13.4. The number of hydrogen-bond donors (Lipinski definition) is 1. The second-order valence-corrected chi connectivity index (χ2v) is 6.39. The van der Waals surface area contributed by atoms with Gasteiger partial charge in [0.1, 0.15) is 0 Å². The van der Waals surface area contributed by atoms with Crippen LogP contribution in [0.4, 0.5) is 0 Å². The maximum atomic E-state index is 4.22. The van der Waals surface area contributed by atoms with Gasteiger partial charge < -0.3 is 5.32 Å². The molecule has 1 aliphatic carbocycles. The Morgan fingerprint density at radius 2 is 2.10 bits per heavy atom. The summed E-state index contributed by atoms with van der Waals surface area (Å²) in [5.41, 5.74) is 4.48. The van der Waals surface area contributed by atoms with Gasteiger partial charge in [0.25, 0.3) is 0 Å². The lowest BCUT2D eigenvalue weighted by Crippen LogP contribution is -2.32. The first-order valence-electron chi connectivity index (χ1n) is 7.37. The van der Waals surface area contributed by atoms with Gasteiger partial charge in [-0.05, 0) is 35.4 Å². The Morgan fingerprint density at radius 1 is 1.30 bits per heavy atom. The van der Waals surface area contributed by atoms with Crippen LogP contribution in [-0.4, -0.2) is 9.78 Å². The summed E-state index contributed by atoms with van der Waals surface area (Å²) in [7, 11) is 1.99. The normalized spacial score (nSPS) is 20.6. The van der Waals surface area contributed by atoms with E-state index in [1.54, 1.807) is 0 Å². The van der Waals surface area contributed by atoms with Crippen molar-refractivity contribution in [3.63, 3.8) is 0 Å². The molecule has 0 saturated carbocycles. The fourth-order valence-corrected chi connectivity index (χ4v) is 3.23. The van der Waals surface area contributed by atoms with E-state index >= 15 is 0 Å². The number of nitrogens with one attached hydrogen (secondary N) is 1. The van der Waals surface area contributed by atoms with Crippen LogP contribution in [0.2, 0.25) is 0 Å². The minimum Gasteiger partial charge on any atom is -0.304 e. The van der Waals surface area contributed by atoms with E-state index < -0.39 is 0 Å². The van der Waals surface area contributed by atoms with Crippen LogP contribution >= 0.6 is 0 Å². The van der Waals surface area contributed by atoms with Crippen molar-refractivity contribution in [3.8, 4) is 0 Å². The van der Waals surface area contributed by atoms with E-state index in [2.05, 4.69) is 54.6 Å². The van der Waals surface area contributed by atoms with Gasteiger partial charge >= 0.3 is 0 Å². The predicted octanol–water partition coefficient (Wildman–Crippen LogP) is 3.32. The fraction of sp³-hybridized carbons (Fsp3) is 0.471. The number of benzene rings is 1. The molecule has 1 aromatic heterocycles. The largest absolute Gasteiger partial charge is 0.304 e. The highest BCUT2D eigenvalue weighted by Crippen LogP contribution is 2.41. The van der Waals surface area contributed by atoms with E-state index in [-0.39, 0.29) is 0 Å². The average Bonchev–Trinajstić information content (AvgIpc) is 2.84. The fourth-order valence-electron chi connectivity index (χ4n) is 3.23. The van der Waals surface area contributed by atoms with Gasteiger partial charge in [-0.15, -0.1) is 0 Å². The summed E-state index contributed by atoms with van der Waals surface area (Å²) in [6.45, 7) is 5.57. The minimum absolute atomic E-state index is 0.293. The molecular formula is C17H23N3. The maximum absolute atomic E-state index is 4.22. The Labute approximate surface area is 121 Å². The van der Waals surface area contributed by atoms with Crippen molar-refractivity contribution in [2.75, 3.05) is 0 Å². The molecule has 0 fully saturated rings. The molecule has 0 radical (unpaired) electrons. The van der Waals surface area contributed by atoms with Gasteiger partial charge in [0, 0.05) is 25.8 Å². The molecule has 1 heterocycles. The molecule has 1 N–H and O–H groups in total. The summed E-state index contributed by atoms with van der Waals surface area (Å²) in [5.74, 6) is 0. The zero-order valence-corrected chi connectivity index (χ0v) is 12.6. The maximum Gasteiger partial charge on any atom is 0.0518 e. The number of nitrogens with zero attached hydrogens (tertiary/aromatic N) is 2. The van der Waals surface area contributed by atoms with Crippen LogP contribution in [0, 0.1) is 0 Å². The second kappa shape index (κ2) is 5.06. The lowest BCUT2D eigenvalue weighted by molar-refractivity contribution is 0.355. The zero-order chi connectivity index (χ0) is 14.2. The lowest BCUT2D eigenvalue weighted by Gasteiger charge is -2.37. The van der Waals surface area contributed by atoms with Crippen LogP contribution in [0.3, 0.4) is 0 Å². The van der Waals surface area contributed by atoms with Crippen molar-refractivity contribution < 1.29 is 0 Å². The van der Waals surface area contributed by atoms with Crippen molar-refractivity contribution in [1.29, 1.82) is 0 Å². The molecule has 0 spiro atoms. The van der Waals surface area contributed by atoms with Gasteiger partial charge in [-0.25, -0.2) is 0 Å². The molecule has 20 heavy (non-hydrogen) atoms. The molecule has 1 aliphatic rings. The lowest BCUT2D eigenvalue weighted by atomic mass is 9.71. The van der Waals surface area contributed by atoms with E-state index in [0.29, 0.717) is 11.5 Å². The number of rotatable bonds is 3. The van der Waals surface area contributed by atoms with Gasteiger partial charge in [0.05, 0.1) is 5.69 Å². The Balaban J connectivity index is 1.80. The van der Waals surface area contributed by atoms with Gasteiger partial charge in [-0.2, -0.15) is 5.10 Å². The third-order valence-corrected chi connectivity index (χ3v) is 4.58. The highest BCUT2D eigenvalue weighted by atomic mass is 15.3. The molecule has 2 aromatic rings. The van der Waals surface area contributed by atoms with Gasteiger partial charge in [0.2, 0.25) is 0 Å². The van der Waals surface area contributed by atoms with Crippen LogP contribution in [-0.2, 0) is 19.0 Å². The first-order chi connectivity index (χ1) is 9.58. The van der Waals surface area contributed by atoms with Crippen molar-refractivity contribution in [2.45, 2.75) is 44.7 Å². The highest BCUT2D eigenvalue weighted by Gasteiger charge is 2.31. The Hall–Kier alpha value is -1.61. The van der Waals surface area contributed by atoms with Crippen molar-refractivity contribution in [3.05, 3.63) is 53.3 Å². The van der Waals surface area contributed by atoms with E-state index in [0.717, 1.165) is 6.54 Å². The number of hydrogen-bond acceptors (Lipinski definition) is 2. The van der Waals surface area contributed by atoms with Gasteiger partial charge in [-0.3, -0.25) is 4.68 Å². The van der Waals surface area contributed by atoms with Crippen LogP contribution < -0.4 is 5.32 Å². The van der Waals surface area contributed by atoms with E-state index in [1.165, 1.54) is 29.7 Å². The topological polar surface area (TPSA) is 29.9 Å². The third-order valence-electron chi connectivity index (χ3n) is 4.58. The summed E-state index contributed by atoms with van der Waals surface area (Å²) in [6.07, 6.45) is 4.28. The van der Waals surface area contributed by atoms with Crippen LogP contribution in [0.15, 0.2) is 36.5 Å². The zero-order valence-electron chi connectivity index (χ0n) is 12.6. The number of aryl methyl sites for hydroxylation is 1. The Bertz CT molecular complexity index is 598. The summed E-state index contributed by atoms with van der Waals surface area (Å²) >= 11 is 0. The van der Waals surface area contributed by atoms with Gasteiger partial charge in [0.15, 0.2) is 0 Å². The summed E-state index contributed by atoms with van der Waals surface area (Å²) in [5, 5.41) is 7.92. The van der Waals surface area contributed by atoms with E-state index in [4.69, 9.17) is 0 Å². The second-order valence-electron chi connectivity index (χ2n) is 6.39. The van der Waals surface area contributed by atoms with Crippen LogP contribution in [0.25, 0.3) is 0 Å². The molecule has 1 unspecified atom stereocenters. The highest BCUT2D eigenvalue weighted by molar-refractivity contribution is 5.38. The molecule has 106 valence electrons. The third kappa shape index (κ3) is 2.38. The summed E-state index contributed by atoms with van der Waals surface area (Å²) in [6, 6.07) is 11.4. The monoisotopic (exact) mass is 269 g/mol.